The zero-order valence-electron chi connectivity index (χ0n) is 13.6. The number of benzene rings is 1. The molecular weight excluding hydrogens is 270 g/mol. The van der Waals surface area contributed by atoms with Gasteiger partial charge in [0.05, 0.1) is 6.61 Å². The Morgan fingerprint density at radius 2 is 1.77 bits per heavy atom. The van der Waals surface area contributed by atoms with Crippen LogP contribution in [-0.4, -0.2) is 12.6 Å². The van der Waals surface area contributed by atoms with Gasteiger partial charge in [-0.1, -0.05) is 0 Å². The minimum atomic E-state index is 0.597. The van der Waals surface area contributed by atoms with Crippen molar-refractivity contribution in [2.24, 2.45) is 23.2 Å². The fraction of sp³-hybridized carbons (Fsp3) is 0.700. The molecule has 1 unspecified atom stereocenters. The van der Waals surface area contributed by atoms with Gasteiger partial charge in [-0.05, 0) is 98.8 Å². The minimum Gasteiger partial charge on any atom is -0.494 e. The molecule has 0 radical (unpaired) electrons. The third kappa shape index (κ3) is 1.92. The van der Waals surface area contributed by atoms with Crippen LogP contribution < -0.4 is 10.1 Å². The molecule has 118 valence electrons. The summed E-state index contributed by atoms with van der Waals surface area (Å²) in [7, 11) is 0. The smallest absolute Gasteiger partial charge is 0.119 e. The lowest BCUT2D eigenvalue weighted by atomic mass is 9.47. The van der Waals surface area contributed by atoms with Gasteiger partial charge in [0, 0.05) is 11.7 Å². The van der Waals surface area contributed by atoms with Crippen LogP contribution in [0.2, 0.25) is 0 Å². The summed E-state index contributed by atoms with van der Waals surface area (Å²) in [6.07, 6.45) is 10.3. The van der Waals surface area contributed by atoms with E-state index in [2.05, 4.69) is 30.4 Å². The SMILES string of the molecule is CCOc1ccc2c(c1)CC(C13CC4CC(CC(C4)C1)C3)N2. The zero-order valence-corrected chi connectivity index (χ0v) is 13.6. The maximum Gasteiger partial charge on any atom is 0.119 e. The standard InChI is InChI=1S/C20H27NO/c1-2-22-17-3-4-18-16(8-17)9-19(21-18)20-10-13-5-14(11-20)7-15(6-13)12-20/h3-4,8,13-15,19,21H,2,5-7,9-12H2,1H3. The molecular formula is C20H27NO. The first-order chi connectivity index (χ1) is 10.7. The van der Waals surface area contributed by atoms with Crippen LogP contribution in [0.4, 0.5) is 5.69 Å². The van der Waals surface area contributed by atoms with Crippen molar-refractivity contribution >= 4 is 5.69 Å². The number of hydrogen-bond donors (Lipinski definition) is 1. The third-order valence-electron chi connectivity index (χ3n) is 6.97. The Morgan fingerprint density at radius 1 is 1.09 bits per heavy atom. The summed E-state index contributed by atoms with van der Waals surface area (Å²) in [6.45, 7) is 2.81. The molecule has 22 heavy (non-hydrogen) atoms. The van der Waals surface area contributed by atoms with Gasteiger partial charge in [0.2, 0.25) is 0 Å². The molecule has 0 spiro atoms. The molecule has 0 amide bonds. The average Bonchev–Trinajstić information content (AvgIpc) is 2.90. The molecule has 4 fully saturated rings. The summed E-state index contributed by atoms with van der Waals surface area (Å²) in [5.41, 5.74) is 3.44. The quantitative estimate of drug-likeness (QED) is 0.877. The molecule has 1 heterocycles. The highest BCUT2D eigenvalue weighted by atomic mass is 16.5. The molecule has 2 nitrogen and oxygen atoms in total. The van der Waals surface area contributed by atoms with Crippen molar-refractivity contribution in [1.29, 1.82) is 0 Å². The summed E-state index contributed by atoms with van der Waals surface area (Å²) in [5.74, 6) is 4.15. The second-order valence-corrected chi connectivity index (χ2v) is 8.43. The number of rotatable bonds is 3. The van der Waals surface area contributed by atoms with Gasteiger partial charge in [0.15, 0.2) is 0 Å². The van der Waals surface area contributed by atoms with Crippen LogP contribution >= 0.6 is 0 Å². The van der Waals surface area contributed by atoms with E-state index in [-0.39, 0.29) is 0 Å². The summed E-state index contributed by atoms with van der Waals surface area (Å²) in [4.78, 5) is 0. The molecule has 0 saturated heterocycles. The summed E-state index contributed by atoms with van der Waals surface area (Å²) in [6, 6.07) is 7.30. The molecule has 5 aliphatic rings. The van der Waals surface area contributed by atoms with Gasteiger partial charge in [0.25, 0.3) is 0 Å². The molecule has 1 aliphatic heterocycles. The highest BCUT2D eigenvalue weighted by Crippen LogP contribution is 2.62. The molecule has 1 aromatic carbocycles. The van der Waals surface area contributed by atoms with E-state index >= 15 is 0 Å². The second kappa shape index (κ2) is 4.66. The van der Waals surface area contributed by atoms with Gasteiger partial charge < -0.3 is 10.1 Å². The number of nitrogens with one attached hydrogen (secondary N) is 1. The topological polar surface area (TPSA) is 21.3 Å². The number of hydrogen-bond acceptors (Lipinski definition) is 2. The van der Waals surface area contributed by atoms with E-state index in [9.17, 15) is 0 Å². The van der Waals surface area contributed by atoms with Crippen LogP contribution in [-0.2, 0) is 6.42 Å². The highest BCUT2D eigenvalue weighted by molar-refractivity contribution is 5.59. The van der Waals surface area contributed by atoms with Gasteiger partial charge in [-0.25, -0.2) is 0 Å². The molecule has 0 aromatic heterocycles. The molecule has 4 bridgehead atoms. The summed E-state index contributed by atoms with van der Waals surface area (Å²) in [5, 5.41) is 3.91. The average molecular weight is 297 g/mol. The molecule has 1 aromatic rings. The first kappa shape index (κ1) is 13.3. The largest absolute Gasteiger partial charge is 0.494 e. The van der Waals surface area contributed by atoms with Crippen LogP contribution in [0.5, 0.6) is 5.75 Å². The van der Waals surface area contributed by atoms with Crippen molar-refractivity contribution in [2.45, 2.75) is 57.9 Å². The van der Waals surface area contributed by atoms with Gasteiger partial charge in [-0.3, -0.25) is 0 Å². The van der Waals surface area contributed by atoms with Crippen molar-refractivity contribution in [3.8, 4) is 5.75 Å². The Labute approximate surface area is 133 Å². The number of anilines is 1. The molecule has 1 N–H and O–H groups in total. The Balaban J connectivity index is 1.41. The molecule has 6 rings (SSSR count). The van der Waals surface area contributed by atoms with E-state index in [0.717, 1.165) is 30.1 Å². The fourth-order valence-corrected chi connectivity index (χ4v) is 6.57. The van der Waals surface area contributed by atoms with Crippen molar-refractivity contribution in [3.63, 3.8) is 0 Å². The van der Waals surface area contributed by atoms with E-state index < -0.39 is 0 Å². The van der Waals surface area contributed by atoms with Crippen LogP contribution in [0.1, 0.15) is 51.0 Å². The monoisotopic (exact) mass is 297 g/mol. The van der Waals surface area contributed by atoms with Crippen molar-refractivity contribution < 1.29 is 4.74 Å². The molecule has 1 atom stereocenters. The maximum atomic E-state index is 5.69. The van der Waals surface area contributed by atoms with Gasteiger partial charge >= 0.3 is 0 Å². The van der Waals surface area contributed by atoms with Crippen molar-refractivity contribution in [3.05, 3.63) is 23.8 Å². The molecule has 2 heteroatoms. The second-order valence-electron chi connectivity index (χ2n) is 8.43. The van der Waals surface area contributed by atoms with Gasteiger partial charge in [-0.2, -0.15) is 0 Å². The highest BCUT2D eigenvalue weighted by Gasteiger charge is 2.55. The van der Waals surface area contributed by atoms with E-state index in [4.69, 9.17) is 4.74 Å². The third-order valence-corrected chi connectivity index (χ3v) is 6.97. The van der Waals surface area contributed by atoms with E-state index in [1.54, 1.807) is 0 Å². The Morgan fingerprint density at radius 3 is 2.41 bits per heavy atom. The van der Waals surface area contributed by atoms with Gasteiger partial charge in [0.1, 0.15) is 5.75 Å². The normalized spacial score (nSPS) is 41.3. The summed E-state index contributed by atoms with van der Waals surface area (Å²) < 4.78 is 5.69. The summed E-state index contributed by atoms with van der Waals surface area (Å²) >= 11 is 0. The van der Waals surface area contributed by atoms with E-state index in [1.807, 2.05) is 0 Å². The fourth-order valence-electron chi connectivity index (χ4n) is 6.57. The van der Waals surface area contributed by atoms with Crippen LogP contribution in [0.3, 0.4) is 0 Å². The van der Waals surface area contributed by atoms with Crippen LogP contribution in [0, 0.1) is 23.2 Å². The predicted octanol–water partition coefficient (Wildman–Crippen LogP) is 4.64. The predicted molar refractivity (Wildman–Crippen MR) is 89.3 cm³/mol. The Hall–Kier alpha value is -1.18. The van der Waals surface area contributed by atoms with Crippen LogP contribution in [0.25, 0.3) is 0 Å². The molecule has 4 aliphatic carbocycles. The minimum absolute atomic E-state index is 0.597. The van der Waals surface area contributed by atoms with E-state index in [1.165, 1.54) is 56.2 Å². The van der Waals surface area contributed by atoms with Gasteiger partial charge in [-0.15, -0.1) is 0 Å². The lowest BCUT2D eigenvalue weighted by molar-refractivity contribution is -0.0619. The first-order valence-electron chi connectivity index (χ1n) is 9.26. The Bertz CT molecular complexity index is 558. The first-order valence-corrected chi connectivity index (χ1v) is 9.26. The van der Waals surface area contributed by atoms with Crippen LogP contribution in [0.15, 0.2) is 18.2 Å². The number of ether oxygens (including phenoxy) is 1. The maximum absolute atomic E-state index is 5.69. The molecule has 4 saturated carbocycles. The lowest BCUT2D eigenvalue weighted by Crippen LogP contribution is -2.53. The van der Waals surface area contributed by atoms with Crippen molar-refractivity contribution in [2.75, 3.05) is 11.9 Å². The number of fused-ring (bicyclic) bond motifs is 1. The zero-order chi connectivity index (χ0) is 14.7. The Kier molecular flexibility index (Phi) is 2.81. The van der Waals surface area contributed by atoms with Crippen molar-refractivity contribution in [1.82, 2.24) is 0 Å². The lowest BCUT2D eigenvalue weighted by Gasteiger charge is -2.59. The van der Waals surface area contributed by atoms with E-state index in [0.29, 0.717) is 11.5 Å².